The van der Waals surface area contributed by atoms with E-state index >= 15 is 0 Å². The fourth-order valence-corrected chi connectivity index (χ4v) is 3.81. The largest absolute Gasteiger partial charge is 0.503 e. The SMILES string of the molecule is O=NC(=O)c1cn2c(c(O)c1=O)C(=O)N1CCCO[C@H]1[C@@H]2Cc1ccccc1. The van der Waals surface area contributed by atoms with Crippen LogP contribution in [0.2, 0.25) is 0 Å². The molecule has 144 valence electrons. The molecule has 2 aromatic rings. The predicted octanol–water partition coefficient (Wildman–Crippen LogP) is 1.45. The van der Waals surface area contributed by atoms with Crippen molar-refractivity contribution in [3.8, 4) is 5.75 Å². The summed E-state index contributed by atoms with van der Waals surface area (Å²) in [7, 11) is 0. The van der Waals surface area contributed by atoms with Gasteiger partial charge in [0.25, 0.3) is 5.91 Å². The van der Waals surface area contributed by atoms with Crippen LogP contribution < -0.4 is 5.43 Å². The lowest BCUT2D eigenvalue weighted by Gasteiger charge is -2.45. The number of hydrogen-bond donors (Lipinski definition) is 1. The fourth-order valence-electron chi connectivity index (χ4n) is 3.81. The maximum absolute atomic E-state index is 12.9. The van der Waals surface area contributed by atoms with Crippen LogP contribution in [0.15, 0.2) is 46.5 Å². The molecule has 1 saturated heterocycles. The number of amides is 2. The maximum atomic E-state index is 12.9. The van der Waals surface area contributed by atoms with Crippen molar-refractivity contribution in [1.29, 1.82) is 0 Å². The van der Waals surface area contributed by atoms with Gasteiger partial charge in [0.15, 0.2) is 17.7 Å². The molecule has 2 amide bonds. The molecule has 0 spiro atoms. The zero-order valence-electron chi connectivity index (χ0n) is 14.8. The Morgan fingerprint density at radius 2 is 2.00 bits per heavy atom. The van der Waals surface area contributed by atoms with Crippen molar-refractivity contribution in [2.45, 2.75) is 25.1 Å². The van der Waals surface area contributed by atoms with Crippen molar-refractivity contribution in [2.24, 2.45) is 5.18 Å². The van der Waals surface area contributed by atoms with Crippen LogP contribution in [0, 0.1) is 4.91 Å². The third-order valence-corrected chi connectivity index (χ3v) is 5.10. The van der Waals surface area contributed by atoms with Gasteiger partial charge in [0, 0.05) is 17.9 Å². The Hall–Kier alpha value is -3.33. The highest BCUT2D eigenvalue weighted by molar-refractivity contribution is 5.99. The van der Waals surface area contributed by atoms with Gasteiger partial charge in [-0.15, -0.1) is 4.91 Å². The molecule has 2 atom stereocenters. The van der Waals surface area contributed by atoms with Crippen LogP contribution in [-0.4, -0.2) is 45.8 Å². The van der Waals surface area contributed by atoms with Crippen molar-refractivity contribution in [1.82, 2.24) is 9.47 Å². The van der Waals surface area contributed by atoms with E-state index in [1.165, 1.54) is 9.47 Å². The molecule has 0 radical (unpaired) electrons. The average Bonchev–Trinajstić information content (AvgIpc) is 2.73. The minimum absolute atomic E-state index is 0.213. The van der Waals surface area contributed by atoms with Crippen LogP contribution in [0.3, 0.4) is 0 Å². The summed E-state index contributed by atoms with van der Waals surface area (Å²) in [6.07, 6.45) is 1.56. The molecular formula is C19H17N3O6. The summed E-state index contributed by atoms with van der Waals surface area (Å²) < 4.78 is 7.22. The first-order valence-corrected chi connectivity index (χ1v) is 8.85. The maximum Gasteiger partial charge on any atom is 0.322 e. The first-order chi connectivity index (χ1) is 13.5. The summed E-state index contributed by atoms with van der Waals surface area (Å²) in [4.78, 5) is 49.2. The molecule has 1 aromatic carbocycles. The van der Waals surface area contributed by atoms with Gasteiger partial charge in [-0.25, -0.2) is 0 Å². The van der Waals surface area contributed by atoms with Crippen LogP contribution >= 0.6 is 0 Å². The minimum Gasteiger partial charge on any atom is -0.503 e. The number of fused-ring (bicyclic) bond motifs is 2. The third kappa shape index (κ3) is 2.80. The molecule has 3 heterocycles. The lowest BCUT2D eigenvalue weighted by molar-refractivity contribution is -0.111. The van der Waals surface area contributed by atoms with Gasteiger partial charge < -0.3 is 19.3 Å². The third-order valence-electron chi connectivity index (χ3n) is 5.10. The van der Waals surface area contributed by atoms with Gasteiger partial charge in [0.05, 0.1) is 12.6 Å². The van der Waals surface area contributed by atoms with Gasteiger partial charge in [-0.3, -0.25) is 14.4 Å². The van der Waals surface area contributed by atoms with Gasteiger partial charge in [0.2, 0.25) is 5.43 Å². The first-order valence-electron chi connectivity index (χ1n) is 8.85. The number of pyridine rings is 1. The highest BCUT2D eigenvalue weighted by Crippen LogP contribution is 2.35. The molecule has 9 nitrogen and oxygen atoms in total. The summed E-state index contributed by atoms with van der Waals surface area (Å²) in [5.41, 5.74) is -0.929. The van der Waals surface area contributed by atoms with E-state index in [0.717, 1.165) is 11.8 Å². The van der Waals surface area contributed by atoms with E-state index in [1.54, 1.807) is 0 Å². The Morgan fingerprint density at radius 3 is 2.71 bits per heavy atom. The van der Waals surface area contributed by atoms with Crippen molar-refractivity contribution < 1.29 is 19.4 Å². The Bertz CT molecular complexity index is 1020. The van der Waals surface area contributed by atoms with Crippen molar-refractivity contribution in [3.05, 3.63) is 68.5 Å². The molecular weight excluding hydrogens is 366 g/mol. The van der Waals surface area contributed by atoms with E-state index in [0.29, 0.717) is 26.0 Å². The number of nitroso groups, excluding NO2 is 1. The van der Waals surface area contributed by atoms with Crippen LogP contribution in [-0.2, 0) is 11.2 Å². The number of hydrogen-bond acceptors (Lipinski definition) is 6. The molecule has 0 unspecified atom stereocenters. The van der Waals surface area contributed by atoms with Gasteiger partial charge in [-0.2, -0.15) is 0 Å². The summed E-state index contributed by atoms with van der Waals surface area (Å²) in [5, 5.41) is 12.7. The Morgan fingerprint density at radius 1 is 1.25 bits per heavy atom. The number of aromatic nitrogens is 1. The van der Waals surface area contributed by atoms with Gasteiger partial charge in [0.1, 0.15) is 5.56 Å². The molecule has 1 fully saturated rings. The Kier molecular flexibility index (Phi) is 4.52. The summed E-state index contributed by atoms with van der Waals surface area (Å²) in [6, 6.07) is 8.94. The van der Waals surface area contributed by atoms with E-state index in [-0.39, 0.29) is 5.69 Å². The zero-order valence-corrected chi connectivity index (χ0v) is 14.8. The van der Waals surface area contributed by atoms with Crippen LogP contribution in [0.1, 0.15) is 38.9 Å². The summed E-state index contributed by atoms with van der Waals surface area (Å²) in [6.45, 7) is 0.891. The number of benzene rings is 1. The van der Waals surface area contributed by atoms with E-state index in [2.05, 4.69) is 5.18 Å². The zero-order chi connectivity index (χ0) is 19.8. The average molecular weight is 383 g/mol. The molecule has 9 heteroatoms. The van der Waals surface area contributed by atoms with Crippen molar-refractivity contribution in [2.75, 3.05) is 13.2 Å². The van der Waals surface area contributed by atoms with E-state index < -0.39 is 40.8 Å². The molecule has 1 N–H and O–H groups in total. The predicted molar refractivity (Wildman–Crippen MR) is 97.1 cm³/mol. The molecule has 0 bridgehead atoms. The molecule has 1 aromatic heterocycles. The second-order valence-corrected chi connectivity index (χ2v) is 6.74. The van der Waals surface area contributed by atoms with Gasteiger partial charge in [-0.05, 0) is 18.4 Å². The Labute approximate surface area is 159 Å². The Balaban J connectivity index is 1.92. The van der Waals surface area contributed by atoms with Crippen LogP contribution in [0.25, 0.3) is 0 Å². The fraction of sp³-hybridized carbons (Fsp3) is 0.316. The summed E-state index contributed by atoms with van der Waals surface area (Å²) >= 11 is 0. The van der Waals surface area contributed by atoms with E-state index in [4.69, 9.17) is 4.74 Å². The van der Waals surface area contributed by atoms with Crippen molar-refractivity contribution >= 4 is 11.8 Å². The number of aromatic hydroxyl groups is 1. The second kappa shape index (κ2) is 7.01. The lowest BCUT2D eigenvalue weighted by atomic mass is 9.98. The van der Waals surface area contributed by atoms with Gasteiger partial charge >= 0.3 is 5.91 Å². The molecule has 28 heavy (non-hydrogen) atoms. The molecule has 0 saturated carbocycles. The molecule has 2 aliphatic rings. The number of ether oxygens (including phenoxy) is 1. The lowest BCUT2D eigenvalue weighted by Crippen LogP contribution is -2.56. The molecule has 4 rings (SSSR count). The second-order valence-electron chi connectivity index (χ2n) is 6.74. The smallest absolute Gasteiger partial charge is 0.322 e. The molecule has 0 aliphatic carbocycles. The topological polar surface area (TPSA) is 118 Å². The summed E-state index contributed by atoms with van der Waals surface area (Å²) in [5.74, 6) is -2.71. The van der Waals surface area contributed by atoms with Crippen molar-refractivity contribution in [3.63, 3.8) is 0 Å². The van der Waals surface area contributed by atoms with Crippen LogP contribution in [0.5, 0.6) is 5.75 Å². The minimum atomic E-state index is -1.30. The van der Waals surface area contributed by atoms with E-state index in [1.807, 2.05) is 30.3 Å². The monoisotopic (exact) mass is 383 g/mol. The van der Waals surface area contributed by atoms with E-state index in [9.17, 15) is 24.4 Å². The first kappa shape index (κ1) is 18.1. The van der Waals surface area contributed by atoms with Gasteiger partial charge in [-0.1, -0.05) is 30.3 Å². The molecule has 2 aliphatic heterocycles. The number of nitrogens with zero attached hydrogens (tertiary/aromatic N) is 3. The van der Waals surface area contributed by atoms with Crippen LogP contribution in [0.4, 0.5) is 0 Å². The normalized spacial score (nSPS) is 21.0. The number of rotatable bonds is 3. The number of carbonyl (C=O) groups is 2. The highest BCUT2D eigenvalue weighted by atomic mass is 16.5. The highest BCUT2D eigenvalue weighted by Gasteiger charge is 2.44. The standard InChI is InChI=1S/C19H17N3O6/c23-15-12(17(25)20-27)10-22-13(9-11-5-2-1-3-6-11)19-21(7-4-8-28-19)18(26)14(22)16(15)24/h1-3,5-6,10,13,19,24H,4,7-9H2/t13-,19-/m0/s1. The quantitative estimate of drug-likeness (QED) is 0.802. The number of carbonyl (C=O) groups excluding carboxylic acids is 2.